The molecule has 0 bridgehead atoms. The Morgan fingerprint density at radius 2 is 1.19 bits per heavy atom. The molecule has 0 spiro atoms. The summed E-state index contributed by atoms with van der Waals surface area (Å²) in [5.74, 6) is -2.55. The van der Waals surface area contributed by atoms with E-state index in [1.165, 1.54) is 83.5 Å². The Labute approximate surface area is 166 Å². The van der Waals surface area contributed by atoms with Crippen molar-refractivity contribution in [3.05, 3.63) is 12.2 Å². The van der Waals surface area contributed by atoms with Crippen LogP contribution in [0.15, 0.2) is 12.2 Å². The van der Waals surface area contributed by atoms with Crippen LogP contribution in [0.4, 0.5) is 0 Å². The average Bonchev–Trinajstić information content (AvgIpc) is 2.63. The van der Waals surface area contributed by atoms with Crippen LogP contribution in [0.5, 0.6) is 0 Å². The predicted molar refractivity (Wildman–Crippen MR) is 112 cm³/mol. The minimum absolute atomic E-state index is 0.0971. The number of carboxylic acid groups (broad SMARTS) is 2. The molecule has 0 amide bonds. The highest BCUT2D eigenvalue weighted by Gasteiger charge is 2.14. The van der Waals surface area contributed by atoms with Gasteiger partial charge in [-0.15, -0.1) is 0 Å². The van der Waals surface area contributed by atoms with E-state index >= 15 is 0 Å². The van der Waals surface area contributed by atoms with Crippen molar-refractivity contribution in [3.63, 3.8) is 0 Å². The van der Waals surface area contributed by atoms with Crippen LogP contribution >= 0.6 is 0 Å². The zero-order valence-corrected chi connectivity index (χ0v) is 17.5. The Morgan fingerprint density at radius 1 is 0.741 bits per heavy atom. The first kappa shape index (κ1) is 25.7. The van der Waals surface area contributed by atoms with Gasteiger partial charge in [-0.05, 0) is 19.3 Å². The number of carboxylic acids is 2. The summed E-state index contributed by atoms with van der Waals surface area (Å²) in [7, 11) is 0. The van der Waals surface area contributed by atoms with E-state index in [1.807, 2.05) is 6.08 Å². The van der Waals surface area contributed by atoms with E-state index < -0.39 is 17.9 Å². The minimum atomic E-state index is -0.943. The number of hydrogen-bond donors (Lipinski definition) is 2. The monoisotopic (exact) mass is 382 g/mol. The Hall–Kier alpha value is -1.32. The van der Waals surface area contributed by atoms with Crippen LogP contribution in [-0.2, 0) is 9.59 Å². The van der Waals surface area contributed by atoms with Crippen molar-refractivity contribution in [2.45, 2.75) is 116 Å². The summed E-state index contributed by atoms with van der Waals surface area (Å²) >= 11 is 0. The van der Waals surface area contributed by atoms with Gasteiger partial charge in [-0.2, -0.15) is 0 Å². The van der Waals surface area contributed by atoms with Crippen LogP contribution < -0.4 is 0 Å². The van der Waals surface area contributed by atoms with E-state index in [0.717, 1.165) is 12.8 Å². The number of unbranched alkanes of at least 4 members (excludes halogenated alkanes) is 14. The van der Waals surface area contributed by atoms with E-state index in [1.54, 1.807) is 6.08 Å². The number of hydrogen-bond acceptors (Lipinski definition) is 2. The maximum Gasteiger partial charge on any atom is 0.310 e. The normalized spacial score (nSPS) is 12.5. The first-order valence-electron chi connectivity index (χ1n) is 11.2. The van der Waals surface area contributed by atoms with Crippen LogP contribution in [0.25, 0.3) is 0 Å². The maximum absolute atomic E-state index is 11.1. The van der Waals surface area contributed by atoms with Gasteiger partial charge in [-0.3, -0.25) is 9.59 Å². The van der Waals surface area contributed by atoms with Gasteiger partial charge in [0.15, 0.2) is 0 Å². The van der Waals surface area contributed by atoms with Gasteiger partial charge < -0.3 is 10.2 Å². The van der Waals surface area contributed by atoms with Crippen LogP contribution in [0.1, 0.15) is 116 Å². The summed E-state index contributed by atoms with van der Waals surface area (Å²) in [5, 5.41) is 17.7. The molecule has 0 aliphatic carbocycles. The first-order valence-corrected chi connectivity index (χ1v) is 11.2. The molecular weight excluding hydrogens is 340 g/mol. The van der Waals surface area contributed by atoms with Crippen molar-refractivity contribution in [1.82, 2.24) is 0 Å². The number of allylic oxidation sites excluding steroid dienone is 1. The van der Waals surface area contributed by atoms with Crippen molar-refractivity contribution in [3.8, 4) is 0 Å². The average molecular weight is 383 g/mol. The van der Waals surface area contributed by atoms with Crippen molar-refractivity contribution >= 4 is 11.9 Å². The van der Waals surface area contributed by atoms with Gasteiger partial charge in [0.1, 0.15) is 0 Å². The fourth-order valence-electron chi connectivity index (χ4n) is 3.30. The van der Waals surface area contributed by atoms with Gasteiger partial charge in [-0.1, -0.05) is 103 Å². The molecule has 0 aromatic carbocycles. The Bertz CT molecular complexity index is 390. The van der Waals surface area contributed by atoms with Gasteiger partial charge in [0.25, 0.3) is 0 Å². The molecule has 0 fully saturated rings. The van der Waals surface area contributed by atoms with Crippen molar-refractivity contribution < 1.29 is 19.8 Å². The number of carbonyl (C=O) groups is 2. The Kier molecular flexibility index (Phi) is 18.5. The first-order chi connectivity index (χ1) is 13.1. The van der Waals surface area contributed by atoms with Crippen LogP contribution in [0.2, 0.25) is 0 Å². The summed E-state index contributed by atoms with van der Waals surface area (Å²) < 4.78 is 0. The second-order valence-electron chi connectivity index (χ2n) is 7.69. The quantitative estimate of drug-likeness (QED) is 0.176. The maximum atomic E-state index is 11.1. The molecule has 0 aromatic rings. The molecule has 2 N–H and O–H groups in total. The van der Waals surface area contributed by atoms with Crippen LogP contribution in [0.3, 0.4) is 0 Å². The van der Waals surface area contributed by atoms with E-state index in [2.05, 4.69) is 6.92 Å². The zero-order chi connectivity index (χ0) is 20.2. The molecule has 0 aliphatic heterocycles. The zero-order valence-electron chi connectivity index (χ0n) is 17.5. The van der Waals surface area contributed by atoms with E-state index in [9.17, 15) is 9.59 Å². The summed E-state index contributed by atoms with van der Waals surface area (Å²) in [6, 6.07) is 0. The third-order valence-electron chi connectivity index (χ3n) is 5.08. The van der Waals surface area contributed by atoms with Gasteiger partial charge in [0, 0.05) is 6.42 Å². The fraction of sp³-hybridized carbons (Fsp3) is 0.826. The van der Waals surface area contributed by atoms with E-state index in [0.29, 0.717) is 0 Å². The molecule has 1 atom stereocenters. The molecule has 0 rings (SSSR count). The molecule has 4 heteroatoms. The van der Waals surface area contributed by atoms with Crippen LogP contribution in [-0.4, -0.2) is 22.2 Å². The molecule has 0 aromatic heterocycles. The topological polar surface area (TPSA) is 74.6 Å². The summed E-state index contributed by atoms with van der Waals surface area (Å²) in [4.78, 5) is 21.6. The molecular formula is C23H42O4. The van der Waals surface area contributed by atoms with Crippen LogP contribution in [0, 0.1) is 5.92 Å². The second kappa shape index (κ2) is 19.4. The second-order valence-corrected chi connectivity index (χ2v) is 7.69. The largest absolute Gasteiger partial charge is 0.481 e. The van der Waals surface area contributed by atoms with Crippen molar-refractivity contribution in [2.24, 2.45) is 5.92 Å². The highest BCUT2D eigenvalue weighted by molar-refractivity contribution is 5.73. The third kappa shape index (κ3) is 19.3. The number of rotatable bonds is 20. The van der Waals surface area contributed by atoms with Gasteiger partial charge in [0.2, 0.25) is 0 Å². The van der Waals surface area contributed by atoms with Crippen molar-refractivity contribution in [1.29, 1.82) is 0 Å². The molecule has 1 unspecified atom stereocenters. The number of aliphatic carboxylic acids is 2. The summed E-state index contributed by atoms with van der Waals surface area (Å²) in [5.41, 5.74) is 0. The molecule has 0 radical (unpaired) electrons. The van der Waals surface area contributed by atoms with Crippen molar-refractivity contribution in [2.75, 3.05) is 0 Å². The van der Waals surface area contributed by atoms with E-state index in [4.69, 9.17) is 10.2 Å². The van der Waals surface area contributed by atoms with E-state index in [-0.39, 0.29) is 12.8 Å². The third-order valence-corrected chi connectivity index (χ3v) is 5.08. The molecule has 4 nitrogen and oxygen atoms in total. The lowest BCUT2D eigenvalue weighted by molar-refractivity contribution is -0.141. The SMILES string of the molecule is CCCCCCCCCCCCCCCCC=CC(CCC(=O)O)C(=O)O. The Morgan fingerprint density at radius 3 is 1.59 bits per heavy atom. The van der Waals surface area contributed by atoms with Gasteiger partial charge in [-0.25, -0.2) is 0 Å². The molecule has 0 saturated carbocycles. The lowest BCUT2D eigenvalue weighted by Gasteiger charge is -2.05. The van der Waals surface area contributed by atoms with Gasteiger partial charge >= 0.3 is 11.9 Å². The molecule has 27 heavy (non-hydrogen) atoms. The minimum Gasteiger partial charge on any atom is -0.481 e. The molecule has 158 valence electrons. The lowest BCUT2D eigenvalue weighted by Crippen LogP contribution is -2.12. The lowest BCUT2D eigenvalue weighted by atomic mass is 10.0. The van der Waals surface area contributed by atoms with Gasteiger partial charge in [0.05, 0.1) is 5.92 Å². The smallest absolute Gasteiger partial charge is 0.310 e. The predicted octanol–water partition coefficient (Wildman–Crippen LogP) is 6.98. The molecule has 0 heterocycles. The highest BCUT2D eigenvalue weighted by Crippen LogP contribution is 2.14. The fourth-order valence-corrected chi connectivity index (χ4v) is 3.30. The highest BCUT2D eigenvalue weighted by atomic mass is 16.4. The standard InChI is InChI=1S/C23H42O4/c1-2-3-4-5-6-7-8-9-10-11-12-13-14-15-16-17-18-21(23(26)27)19-20-22(24)25/h17-18,21H,2-16,19-20H2,1H3,(H,24,25)(H,26,27). The Balaban J connectivity index is 3.40. The molecule has 0 saturated heterocycles. The molecule has 0 aliphatic rings. The summed E-state index contributed by atoms with van der Waals surface area (Å²) in [6.07, 6.45) is 23.2. The summed E-state index contributed by atoms with van der Waals surface area (Å²) in [6.45, 7) is 2.26.